The van der Waals surface area contributed by atoms with Gasteiger partial charge in [0.1, 0.15) is 24.2 Å². The Labute approximate surface area is 196 Å². The second kappa shape index (κ2) is 12.5. The molecule has 0 aliphatic rings. The minimum atomic E-state index is -1.23. The molecule has 0 spiro atoms. The first kappa shape index (κ1) is 26.5. The first-order valence-electron chi connectivity index (χ1n) is 10.7. The van der Waals surface area contributed by atoms with Gasteiger partial charge >= 0.3 is 5.97 Å². The summed E-state index contributed by atoms with van der Waals surface area (Å²) in [7, 11) is 0. The van der Waals surface area contributed by atoms with E-state index in [0.717, 1.165) is 5.56 Å². The Morgan fingerprint density at radius 2 is 1.62 bits per heavy atom. The summed E-state index contributed by atoms with van der Waals surface area (Å²) < 4.78 is 0. The molecule has 0 aliphatic heterocycles. The number of nitrogens with two attached hydrogens (primary N) is 1. The number of H-pyrrole nitrogens is 1. The molecule has 1 aromatic carbocycles. The zero-order chi connectivity index (χ0) is 25.3. The molecule has 184 valence electrons. The maximum absolute atomic E-state index is 13.0. The second-order valence-electron chi connectivity index (χ2n) is 7.93. The van der Waals surface area contributed by atoms with Gasteiger partial charge in [-0.3, -0.25) is 14.4 Å². The number of aliphatic carboxylic acids is 1. The number of aliphatic hydroxyl groups is 1. The molecule has 0 bridgehead atoms. The second-order valence-corrected chi connectivity index (χ2v) is 7.93. The van der Waals surface area contributed by atoms with Crippen LogP contribution < -0.4 is 21.7 Å². The number of aromatic nitrogens is 2. The fourth-order valence-corrected chi connectivity index (χ4v) is 3.04. The highest BCUT2D eigenvalue weighted by Crippen LogP contribution is 2.06. The molecule has 12 heteroatoms. The van der Waals surface area contributed by atoms with Crippen molar-refractivity contribution in [1.82, 2.24) is 25.9 Å². The van der Waals surface area contributed by atoms with E-state index in [0.29, 0.717) is 5.69 Å². The van der Waals surface area contributed by atoms with Crippen LogP contribution in [0.5, 0.6) is 0 Å². The van der Waals surface area contributed by atoms with Gasteiger partial charge in [-0.25, -0.2) is 9.78 Å². The Morgan fingerprint density at radius 3 is 2.18 bits per heavy atom. The smallest absolute Gasteiger partial charge is 0.326 e. The maximum Gasteiger partial charge on any atom is 0.326 e. The Bertz CT molecular complexity index is 966. The van der Waals surface area contributed by atoms with E-state index in [4.69, 9.17) is 5.73 Å². The van der Waals surface area contributed by atoms with Crippen molar-refractivity contribution in [2.75, 3.05) is 0 Å². The minimum Gasteiger partial charge on any atom is -0.480 e. The predicted molar refractivity (Wildman–Crippen MR) is 121 cm³/mol. The molecule has 0 saturated carbocycles. The SMILES string of the molecule is CC(NC(=O)C(N)C(C)O)C(=O)NC(Cc1cnc[nH]1)C(=O)NC(Cc1ccccc1)C(=O)O. The molecule has 5 unspecified atom stereocenters. The van der Waals surface area contributed by atoms with Gasteiger partial charge in [0, 0.05) is 24.7 Å². The van der Waals surface area contributed by atoms with Gasteiger partial charge in [-0.15, -0.1) is 0 Å². The molecule has 8 N–H and O–H groups in total. The summed E-state index contributed by atoms with van der Waals surface area (Å²) in [5.74, 6) is -3.37. The topological polar surface area (TPSA) is 200 Å². The fraction of sp³-hybridized carbons (Fsp3) is 0.409. The molecule has 2 aromatic rings. The Hall–Kier alpha value is -3.77. The van der Waals surface area contributed by atoms with Crippen LogP contribution in [0.15, 0.2) is 42.9 Å². The van der Waals surface area contributed by atoms with E-state index >= 15 is 0 Å². The van der Waals surface area contributed by atoms with E-state index in [1.165, 1.54) is 26.4 Å². The van der Waals surface area contributed by atoms with Crippen molar-refractivity contribution in [3.8, 4) is 0 Å². The maximum atomic E-state index is 13.0. The normalized spacial score (nSPS) is 15.3. The van der Waals surface area contributed by atoms with Crippen molar-refractivity contribution in [1.29, 1.82) is 0 Å². The Balaban J connectivity index is 2.11. The van der Waals surface area contributed by atoms with Crippen LogP contribution in [-0.4, -0.2) is 74.1 Å². The first-order chi connectivity index (χ1) is 16.1. The average molecular weight is 475 g/mol. The molecule has 12 nitrogen and oxygen atoms in total. The molecular weight excluding hydrogens is 444 g/mol. The molecule has 0 fully saturated rings. The number of benzene rings is 1. The number of hydrogen-bond donors (Lipinski definition) is 7. The number of aliphatic hydroxyl groups excluding tert-OH is 1. The standard InChI is InChI=1S/C22H30N6O6/c1-12(26-21(32)18(23)13(2)29)19(30)27-16(9-15-10-24-11-25-15)20(31)28-17(22(33)34)8-14-6-4-3-5-7-14/h3-7,10-13,16-18,29H,8-9,23H2,1-2H3,(H,24,25)(H,26,32)(H,27,30)(H,28,31)(H,33,34). The minimum absolute atomic E-state index is 0.00308. The van der Waals surface area contributed by atoms with Gasteiger partial charge in [0.05, 0.1) is 12.4 Å². The first-order valence-corrected chi connectivity index (χ1v) is 10.7. The lowest BCUT2D eigenvalue weighted by Crippen LogP contribution is -2.58. The van der Waals surface area contributed by atoms with E-state index in [1.807, 2.05) is 0 Å². The van der Waals surface area contributed by atoms with Gasteiger partial charge in [0.2, 0.25) is 17.7 Å². The molecule has 1 heterocycles. The van der Waals surface area contributed by atoms with Gasteiger partial charge < -0.3 is 36.9 Å². The molecular formula is C22H30N6O6. The number of imidazole rings is 1. The van der Waals surface area contributed by atoms with Crippen LogP contribution in [0.3, 0.4) is 0 Å². The predicted octanol–water partition coefficient (Wildman–Crippen LogP) is -1.54. The summed E-state index contributed by atoms with van der Waals surface area (Å²) in [5.41, 5.74) is 6.82. The summed E-state index contributed by atoms with van der Waals surface area (Å²) in [6, 6.07) is 4.12. The molecule has 1 aromatic heterocycles. The van der Waals surface area contributed by atoms with Gasteiger partial charge in [0.15, 0.2) is 0 Å². The number of carboxylic acids is 1. The van der Waals surface area contributed by atoms with Crippen molar-refractivity contribution in [3.05, 3.63) is 54.1 Å². The number of nitrogens with zero attached hydrogens (tertiary/aromatic N) is 1. The highest BCUT2D eigenvalue weighted by atomic mass is 16.4. The van der Waals surface area contributed by atoms with Crippen molar-refractivity contribution < 1.29 is 29.4 Å². The molecule has 5 atom stereocenters. The fourth-order valence-electron chi connectivity index (χ4n) is 3.04. The zero-order valence-corrected chi connectivity index (χ0v) is 18.9. The number of carboxylic acid groups (broad SMARTS) is 1. The van der Waals surface area contributed by atoms with E-state index in [2.05, 4.69) is 25.9 Å². The highest BCUT2D eigenvalue weighted by molar-refractivity contribution is 5.94. The van der Waals surface area contributed by atoms with Crippen LogP contribution in [-0.2, 0) is 32.0 Å². The van der Waals surface area contributed by atoms with Gasteiger partial charge in [-0.05, 0) is 19.4 Å². The summed E-state index contributed by atoms with van der Waals surface area (Å²) in [5, 5.41) is 26.4. The number of carbonyl (C=O) groups is 4. The lowest BCUT2D eigenvalue weighted by Gasteiger charge is -2.24. The average Bonchev–Trinajstić information content (AvgIpc) is 3.31. The van der Waals surface area contributed by atoms with Crippen molar-refractivity contribution in [2.45, 2.75) is 57.0 Å². The van der Waals surface area contributed by atoms with E-state index in [1.54, 1.807) is 30.3 Å². The molecule has 3 amide bonds. The molecule has 2 rings (SSSR count). The van der Waals surface area contributed by atoms with Crippen LogP contribution in [0.25, 0.3) is 0 Å². The summed E-state index contributed by atoms with van der Waals surface area (Å²) in [6.07, 6.45) is 1.81. The molecule has 0 aliphatic carbocycles. The van der Waals surface area contributed by atoms with E-state index in [9.17, 15) is 29.4 Å². The van der Waals surface area contributed by atoms with Crippen molar-refractivity contribution in [2.24, 2.45) is 5.73 Å². The van der Waals surface area contributed by atoms with Crippen molar-refractivity contribution in [3.63, 3.8) is 0 Å². The van der Waals surface area contributed by atoms with Crippen LogP contribution >= 0.6 is 0 Å². The lowest BCUT2D eigenvalue weighted by atomic mass is 10.0. The Kier molecular flexibility index (Phi) is 9.71. The zero-order valence-electron chi connectivity index (χ0n) is 18.9. The van der Waals surface area contributed by atoms with E-state index < -0.39 is 54.0 Å². The van der Waals surface area contributed by atoms with Crippen LogP contribution in [0.1, 0.15) is 25.1 Å². The largest absolute Gasteiger partial charge is 0.480 e. The van der Waals surface area contributed by atoms with Crippen LogP contribution in [0, 0.1) is 0 Å². The summed E-state index contributed by atoms with van der Waals surface area (Å²) >= 11 is 0. The number of aromatic amines is 1. The van der Waals surface area contributed by atoms with E-state index in [-0.39, 0.29) is 12.8 Å². The molecule has 34 heavy (non-hydrogen) atoms. The highest BCUT2D eigenvalue weighted by Gasteiger charge is 2.30. The van der Waals surface area contributed by atoms with Gasteiger partial charge in [0.25, 0.3) is 0 Å². The molecule has 0 radical (unpaired) electrons. The third-order valence-electron chi connectivity index (χ3n) is 5.08. The lowest BCUT2D eigenvalue weighted by molar-refractivity contribution is -0.142. The monoisotopic (exact) mass is 474 g/mol. The number of carbonyl (C=O) groups excluding carboxylic acids is 3. The molecule has 0 saturated heterocycles. The number of amides is 3. The number of hydrogen-bond acceptors (Lipinski definition) is 7. The van der Waals surface area contributed by atoms with Gasteiger partial charge in [-0.1, -0.05) is 30.3 Å². The third-order valence-corrected chi connectivity index (χ3v) is 5.08. The van der Waals surface area contributed by atoms with Crippen LogP contribution in [0.4, 0.5) is 0 Å². The van der Waals surface area contributed by atoms with Gasteiger partial charge in [-0.2, -0.15) is 0 Å². The summed E-state index contributed by atoms with van der Waals surface area (Å²) in [4.78, 5) is 56.2. The van der Waals surface area contributed by atoms with Crippen molar-refractivity contribution >= 4 is 23.7 Å². The number of nitrogens with one attached hydrogen (secondary N) is 4. The number of rotatable bonds is 12. The third kappa shape index (κ3) is 7.98. The van der Waals surface area contributed by atoms with Crippen LogP contribution in [0.2, 0.25) is 0 Å². The quantitative estimate of drug-likeness (QED) is 0.192. The summed E-state index contributed by atoms with van der Waals surface area (Å²) in [6.45, 7) is 2.73. The Morgan fingerprint density at radius 1 is 0.971 bits per heavy atom.